The number of hydrogen-bond acceptors (Lipinski definition) is 4. The highest BCUT2D eigenvalue weighted by Gasteiger charge is 2.37. The van der Waals surface area contributed by atoms with Gasteiger partial charge in [0, 0.05) is 67.5 Å². The second kappa shape index (κ2) is 10.3. The Bertz CT molecular complexity index is 1360. The first-order chi connectivity index (χ1) is 17.8. The number of piperidine rings is 1. The molecule has 0 saturated carbocycles. The molecule has 0 radical (unpaired) electrons. The molecular weight excluding hydrogens is 470 g/mol. The summed E-state index contributed by atoms with van der Waals surface area (Å²) in [5.41, 5.74) is 2.09. The van der Waals surface area contributed by atoms with E-state index in [-0.39, 0.29) is 35.3 Å². The van der Waals surface area contributed by atoms with E-state index in [9.17, 15) is 14.4 Å². The topological polar surface area (TPSA) is 97.6 Å². The fraction of sp³-hybridized carbons (Fsp3) is 0.464. The molecule has 2 N–H and O–H groups in total. The third-order valence-corrected chi connectivity index (χ3v) is 7.63. The number of ether oxygens (including phenoxy) is 1. The Hall–Kier alpha value is -3.75. The van der Waals surface area contributed by atoms with Gasteiger partial charge in [-0.3, -0.25) is 9.59 Å². The molecule has 2 aromatic heterocycles. The van der Waals surface area contributed by atoms with Gasteiger partial charge in [-0.05, 0) is 48.6 Å². The third-order valence-electron chi connectivity index (χ3n) is 7.63. The molecule has 1 aromatic carbocycles. The zero-order valence-electron chi connectivity index (χ0n) is 21.6. The molecule has 9 heteroatoms. The van der Waals surface area contributed by atoms with Gasteiger partial charge in [0.2, 0.25) is 5.91 Å². The first-order valence-electron chi connectivity index (χ1n) is 13.0. The number of nitrogens with one attached hydrogen (secondary N) is 2. The predicted octanol–water partition coefficient (Wildman–Crippen LogP) is 2.78. The molecule has 0 aliphatic carbocycles. The van der Waals surface area contributed by atoms with Crippen LogP contribution in [0.4, 0.5) is 4.79 Å². The monoisotopic (exact) mass is 505 g/mol. The molecule has 5 rings (SSSR count). The number of carbonyl (C=O) groups excluding carboxylic acids is 2. The van der Waals surface area contributed by atoms with Crippen LogP contribution in [0.2, 0.25) is 0 Å². The van der Waals surface area contributed by atoms with Gasteiger partial charge >= 0.3 is 6.03 Å². The van der Waals surface area contributed by atoms with Crippen LogP contribution in [0.1, 0.15) is 31.9 Å². The molecule has 2 bridgehead atoms. The molecule has 3 atom stereocenters. The predicted molar refractivity (Wildman–Crippen MR) is 142 cm³/mol. The number of benzene rings is 1. The van der Waals surface area contributed by atoms with Crippen molar-refractivity contribution in [1.82, 2.24) is 24.7 Å². The number of pyridine rings is 1. The summed E-state index contributed by atoms with van der Waals surface area (Å²) in [4.78, 5) is 40.4. The number of carbonyl (C=O) groups is 2. The molecule has 0 spiro atoms. The first-order valence-corrected chi connectivity index (χ1v) is 13.0. The Morgan fingerprint density at radius 2 is 1.95 bits per heavy atom. The lowest BCUT2D eigenvalue weighted by Gasteiger charge is -2.43. The lowest BCUT2D eigenvalue weighted by Crippen LogP contribution is -2.57. The van der Waals surface area contributed by atoms with Crippen molar-refractivity contribution in [2.75, 3.05) is 26.7 Å². The molecule has 2 unspecified atom stereocenters. The maximum absolute atomic E-state index is 13.2. The summed E-state index contributed by atoms with van der Waals surface area (Å²) in [5.74, 6) is 0.933. The van der Waals surface area contributed by atoms with E-state index in [0.717, 1.165) is 28.8 Å². The second-order valence-corrected chi connectivity index (χ2v) is 10.5. The number of urea groups is 1. The highest BCUT2D eigenvalue weighted by Crippen LogP contribution is 2.35. The van der Waals surface area contributed by atoms with Crippen molar-refractivity contribution >= 4 is 22.8 Å². The Balaban J connectivity index is 1.18. The van der Waals surface area contributed by atoms with E-state index in [2.05, 4.69) is 15.2 Å². The van der Waals surface area contributed by atoms with Crippen LogP contribution >= 0.6 is 0 Å². The number of hydrogen-bond donors (Lipinski definition) is 2. The van der Waals surface area contributed by atoms with E-state index < -0.39 is 6.04 Å². The summed E-state index contributed by atoms with van der Waals surface area (Å²) >= 11 is 0. The highest BCUT2D eigenvalue weighted by molar-refractivity contribution is 5.87. The van der Waals surface area contributed by atoms with Gasteiger partial charge in [0.05, 0.1) is 7.11 Å². The van der Waals surface area contributed by atoms with Gasteiger partial charge in [-0.1, -0.05) is 19.9 Å². The van der Waals surface area contributed by atoms with Crippen molar-refractivity contribution in [3.8, 4) is 5.75 Å². The zero-order chi connectivity index (χ0) is 26.1. The lowest BCUT2D eigenvalue weighted by atomic mass is 9.83. The van der Waals surface area contributed by atoms with Crippen molar-refractivity contribution in [1.29, 1.82) is 0 Å². The van der Waals surface area contributed by atoms with Crippen LogP contribution in [0.3, 0.4) is 0 Å². The van der Waals surface area contributed by atoms with Gasteiger partial charge < -0.3 is 29.4 Å². The molecule has 1 fully saturated rings. The van der Waals surface area contributed by atoms with Crippen LogP contribution in [0, 0.1) is 11.8 Å². The quantitative estimate of drug-likeness (QED) is 0.516. The van der Waals surface area contributed by atoms with Gasteiger partial charge in [0.15, 0.2) is 0 Å². The van der Waals surface area contributed by atoms with Gasteiger partial charge in [0.1, 0.15) is 11.8 Å². The van der Waals surface area contributed by atoms with Crippen molar-refractivity contribution in [3.63, 3.8) is 0 Å². The van der Waals surface area contributed by atoms with Crippen molar-refractivity contribution in [2.45, 2.75) is 45.3 Å². The van der Waals surface area contributed by atoms with Crippen LogP contribution in [0.15, 0.2) is 53.5 Å². The molecule has 9 nitrogen and oxygen atoms in total. The van der Waals surface area contributed by atoms with Crippen molar-refractivity contribution in [2.24, 2.45) is 11.8 Å². The Morgan fingerprint density at radius 1 is 1.11 bits per heavy atom. The van der Waals surface area contributed by atoms with Crippen LogP contribution < -0.4 is 20.9 Å². The normalized spacial score (nSPS) is 19.4. The number of rotatable bonds is 7. The smallest absolute Gasteiger partial charge is 0.318 e. The van der Waals surface area contributed by atoms with E-state index in [4.69, 9.17) is 4.74 Å². The van der Waals surface area contributed by atoms with Gasteiger partial charge in [0.25, 0.3) is 5.56 Å². The van der Waals surface area contributed by atoms with Crippen LogP contribution in [0.5, 0.6) is 5.75 Å². The number of fused-ring (bicyclic) bond motifs is 5. The fourth-order valence-corrected chi connectivity index (χ4v) is 5.73. The first kappa shape index (κ1) is 24.9. The minimum Gasteiger partial charge on any atom is -0.497 e. The molecule has 2 aliphatic heterocycles. The van der Waals surface area contributed by atoms with E-state index in [1.165, 1.54) is 0 Å². The van der Waals surface area contributed by atoms with Crippen LogP contribution in [-0.4, -0.2) is 58.8 Å². The lowest BCUT2D eigenvalue weighted by molar-refractivity contribution is -0.124. The largest absolute Gasteiger partial charge is 0.497 e. The molecule has 4 heterocycles. The summed E-state index contributed by atoms with van der Waals surface area (Å²) in [6, 6.07) is 12.5. The number of nitrogens with zero attached hydrogens (tertiary/aromatic N) is 3. The molecule has 3 aromatic rings. The van der Waals surface area contributed by atoms with Gasteiger partial charge in [-0.25, -0.2) is 4.79 Å². The molecule has 37 heavy (non-hydrogen) atoms. The molecule has 3 amide bonds. The third kappa shape index (κ3) is 5.08. The van der Waals surface area contributed by atoms with E-state index in [1.807, 2.05) is 59.8 Å². The average Bonchev–Trinajstić information content (AvgIpc) is 3.29. The average molecular weight is 506 g/mol. The maximum atomic E-state index is 13.2. The number of aromatic nitrogens is 2. The van der Waals surface area contributed by atoms with Crippen molar-refractivity contribution < 1.29 is 14.3 Å². The Labute approximate surface area is 216 Å². The number of methoxy groups -OCH3 is 1. The maximum Gasteiger partial charge on any atom is 0.318 e. The summed E-state index contributed by atoms with van der Waals surface area (Å²) < 4.78 is 9.23. The summed E-state index contributed by atoms with van der Waals surface area (Å²) in [6.45, 7) is 6.70. The van der Waals surface area contributed by atoms with Crippen LogP contribution in [-0.2, 0) is 17.9 Å². The number of amides is 3. The van der Waals surface area contributed by atoms with Gasteiger partial charge in [-0.2, -0.15) is 0 Å². The van der Waals surface area contributed by atoms with E-state index >= 15 is 0 Å². The zero-order valence-corrected chi connectivity index (χ0v) is 21.6. The number of likely N-dealkylation sites (tertiary alicyclic amines) is 1. The van der Waals surface area contributed by atoms with Crippen molar-refractivity contribution in [3.05, 3.63) is 64.7 Å². The fourth-order valence-electron chi connectivity index (χ4n) is 5.73. The molecule has 196 valence electrons. The van der Waals surface area contributed by atoms with E-state index in [1.54, 1.807) is 19.2 Å². The highest BCUT2D eigenvalue weighted by atomic mass is 16.5. The Kier molecular flexibility index (Phi) is 6.95. The van der Waals surface area contributed by atoms with Gasteiger partial charge in [-0.15, -0.1) is 0 Å². The summed E-state index contributed by atoms with van der Waals surface area (Å²) in [7, 11) is 1.65. The minimum absolute atomic E-state index is 0.0225. The molecule has 2 aliphatic rings. The SMILES string of the molecule is COc1ccc2c(ccn2CCNC(=O)[C@@H](NC(=O)N2CC3CC(C2)c2cccc(=O)n2C3)C(C)C)c1. The molecular formula is C28H35N5O4. The standard InChI is InChI=1S/C28H35N5O4/c1-18(2)26(27(35)29-10-12-31-11-9-20-14-22(37-3)7-8-23(20)31)30-28(36)32-15-19-13-21(17-32)24-5-4-6-25(34)33(24)16-19/h4-9,11,14,18-19,21,26H,10,12-13,15-17H2,1-3H3,(H,29,35)(H,30,36)/t19?,21?,26-/m0/s1. The Morgan fingerprint density at radius 3 is 2.73 bits per heavy atom. The summed E-state index contributed by atoms with van der Waals surface area (Å²) in [6.07, 6.45) is 2.97. The minimum atomic E-state index is -0.630. The second-order valence-electron chi connectivity index (χ2n) is 10.5. The summed E-state index contributed by atoms with van der Waals surface area (Å²) in [5, 5.41) is 7.06. The van der Waals surface area contributed by atoms with E-state index in [0.29, 0.717) is 32.7 Å². The molecule has 1 saturated heterocycles. The van der Waals surface area contributed by atoms with Crippen LogP contribution in [0.25, 0.3) is 10.9 Å².